The van der Waals surface area contributed by atoms with Gasteiger partial charge in [0.05, 0.1) is 0 Å². The minimum atomic E-state index is 0.772. The average Bonchev–Trinajstić information content (AvgIpc) is 1.81. The van der Waals surface area contributed by atoms with Gasteiger partial charge < -0.3 is 4.74 Å². The summed E-state index contributed by atoms with van der Waals surface area (Å²) in [6.07, 6.45) is 1.04. The van der Waals surface area contributed by atoms with Gasteiger partial charge in [-0.3, -0.25) is 0 Å². The first kappa shape index (κ1) is 7.52. The highest BCUT2D eigenvalue weighted by atomic mass is 16.5. The summed E-state index contributed by atoms with van der Waals surface area (Å²) in [5.74, 6) is 5.38. The maximum atomic E-state index is 4.92. The van der Waals surface area contributed by atoms with Crippen LogP contribution in [0.2, 0.25) is 0 Å². The summed E-state index contributed by atoms with van der Waals surface area (Å²) in [5, 5.41) is 0. The molecule has 0 N–H and O–H groups in total. The molecule has 0 amide bonds. The molecule has 0 aromatic rings. The largest absolute Gasteiger partial charge is 0.362 e. The zero-order valence-corrected chi connectivity index (χ0v) is 5.40. The first-order valence-electron chi connectivity index (χ1n) is 2.77. The van der Waals surface area contributed by atoms with E-state index in [0.29, 0.717) is 0 Å². The number of ether oxygens (including phenoxy) is 1. The molecule has 0 heterocycles. The average molecular weight is 111 g/mol. The normalized spacial score (nSPS) is 7.75. The van der Waals surface area contributed by atoms with E-state index in [1.54, 1.807) is 6.92 Å². The van der Waals surface area contributed by atoms with Crippen LogP contribution in [-0.4, -0.2) is 6.61 Å². The van der Waals surface area contributed by atoms with Crippen LogP contribution in [0.1, 0.15) is 20.3 Å². The lowest BCUT2D eigenvalue weighted by Crippen LogP contribution is -1.85. The third-order valence-electron chi connectivity index (χ3n) is 0.609. The van der Waals surface area contributed by atoms with Gasteiger partial charge in [-0.05, 0) is 13.3 Å². The van der Waals surface area contributed by atoms with Gasteiger partial charge in [0, 0.05) is 6.61 Å². The van der Waals surface area contributed by atoms with Crippen molar-refractivity contribution in [1.82, 2.24) is 0 Å². The Morgan fingerprint density at radius 2 is 2.38 bits per heavy atom. The zero-order valence-electron chi connectivity index (χ0n) is 5.40. The number of rotatable bonds is 3. The van der Waals surface area contributed by atoms with Crippen LogP contribution in [0.3, 0.4) is 0 Å². The molecule has 0 aliphatic carbocycles. The van der Waals surface area contributed by atoms with Gasteiger partial charge >= 0.3 is 0 Å². The van der Waals surface area contributed by atoms with Gasteiger partial charge in [-0.25, -0.2) is 0 Å². The molecule has 8 heavy (non-hydrogen) atoms. The van der Waals surface area contributed by atoms with E-state index in [4.69, 9.17) is 4.74 Å². The molecule has 0 aliphatic rings. The molecule has 0 spiro atoms. The maximum Gasteiger partial charge on any atom is 0.155 e. The summed E-state index contributed by atoms with van der Waals surface area (Å²) >= 11 is 0. The minimum absolute atomic E-state index is 0.772. The third kappa shape index (κ3) is 5.52. The molecule has 45 valence electrons. The molecule has 0 unspecified atom stereocenters. The van der Waals surface area contributed by atoms with E-state index in [-0.39, 0.29) is 0 Å². The van der Waals surface area contributed by atoms with E-state index < -0.39 is 0 Å². The lowest BCUT2D eigenvalue weighted by atomic mass is 10.5. The summed E-state index contributed by atoms with van der Waals surface area (Å²) in [6.45, 7) is 6.15. The van der Waals surface area contributed by atoms with Crippen molar-refractivity contribution >= 4 is 0 Å². The van der Waals surface area contributed by atoms with Gasteiger partial charge in [0.2, 0.25) is 0 Å². The second-order valence-electron chi connectivity index (χ2n) is 1.38. The lowest BCUT2D eigenvalue weighted by molar-refractivity contribution is 0.219. The molecule has 0 fully saturated rings. The van der Waals surface area contributed by atoms with Gasteiger partial charge in [0.15, 0.2) is 6.61 Å². The number of hydrogen-bond donors (Lipinski definition) is 0. The van der Waals surface area contributed by atoms with E-state index >= 15 is 0 Å². The van der Waals surface area contributed by atoms with Crippen molar-refractivity contribution in [2.75, 3.05) is 6.61 Å². The summed E-state index contributed by atoms with van der Waals surface area (Å²) in [7, 11) is 0. The second kappa shape index (κ2) is 6.52. The highest BCUT2D eigenvalue weighted by molar-refractivity contribution is 5.02. The summed E-state index contributed by atoms with van der Waals surface area (Å²) < 4.78 is 4.92. The SMILES string of the molecule is CC#C[CH]OCCC. The Hall–Kier alpha value is -0.480. The van der Waals surface area contributed by atoms with Gasteiger partial charge in [-0.2, -0.15) is 0 Å². The third-order valence-corrected chi connectivity index (χ3v) is 0.609. The smallest absolute Gasteiger partial charge is 0.155 e. The second-order valence-corrected chi connectivity index (χ2v) is 1.38. The molecule has 0 aromatic carbocycles. The van der Waals surface area contributed by atoms with Crippen molar-refractivity contribution in [2.24, 2.45) is 0 Å². The molecule has 1 nitrogen and oxygen atoms in total. The topological polar surface area (TPSA) is 9.23 Å². The van der Waals surface area contributed by atoms with Gasteiger partial charge in [-0.15, -0.1) is 5.92 Å². The van der Waals surface area contributed by atoms with Crippen LogP contribution < -0.4 is 0 Å². The fourth-order valence-corrected chi connectivity index (χ4v) is 0.277. The summed E-state index contributed by atoms with van der Waals surface area (Å²) in [4.78, 5) is 0. The molecule has 0 bridgehead atoms. The van der Waals surface area contributed by atoms with Crippen LogP contribution in [-0.2, 0) is 4.74 Å². The van der Waals surface area contributed by atoms with E-state index in [1.807, 2.05) is 0 Å². The van der Waals surface area contributed by atoms with Crippen LogP contribution in [0.4, 0.5) is 0 Å². The first-order valence-corrected chi connectivity index (χ1v) is 2.77. The summed E-state index contributed by atoms with van der Waals surface area (Å²) in [6, 6.07) is 0. The monoisotopic (exact) mass is 111 g/mol. The highest BCUT2D eigenvalue weighted by Gasteiger charge is 1.77. The molecule has 0 aliphatic heterocycles. The lowest BCUT2D eigenvalue weighted by Gasteiger charge is -1.90. The standard InChI is InChI=1S/C7H11O/c1-3-5-7-8-6-4-2/h7H,4,6H2,1-2H3. The fraction of sp³-hybridized carbons (Fsp3) is 0.571. The molecule has 0 saturated carbocycles. The predicted molar refractivity (Wildman–Crippen MR) is 34.0 cm³/mol. The Morgan fingerprint density at radius 3 is 2.88 bits per heavy atom. The Kier molecular flexibility index (Phi) is 6.13. The van der Waals surface area contributed by atoms with Crippen molar-refractivity contribution in [3.63, 3.8) is 0 Å². The predicted octanol–water partition coefficient (Wildman–Crippen LogP) is 1.60. The van der Waals surface area contributed by atoms with Crippen molar-refractivity contribution in [1.29, 1.82) is 0 Å². The number of hydrogen-bond acceptors (Lipinski definition) is 1. The van der Waals surface area contributed by atoms with E-state index in [9.17, 15) is 0 Å². The Labute approximate surface area is 51.0 Å². The van der Waals surface area contributed by atoms with Crippen molar-refractivity contribution in [2.45, 2.75) is 20.3 Å². The zero-order chi connectivity index (χ0) is 6.24. The first-order chi connectivity index (χ1) is 3.91. The maximum absolute atomic E-state index is 4.92. The Balaban J connectivity index is 2.79. The van der Waals surface area contributed by atoms with Crippen molar-refractivity contribution in [3.8, 4) is 11.8 Å². The Morgan fingerprint density at radius 1 is 1.62 bits per heavy atom. The van der Waals surface area contributed by atoms with Crippen LogP contribution >= 0.6 is 0 Å². The molecule has 1 heteroatoms. The highest BCUT2D eigenvalue weighted by Crippen LogP contribution is 1.81. The molecule has 1 radical (unpaired) electrons. The quantitative estimate of drug-likeness (QED) is 0.397. The van der Waals surface area contributed by atoms with E-state index in [2.05, 4.69) is 18.8 Å². The molecule has 0 atom stereocenters. The molecular weight excluding hydrogens is 100 g/mol. The van der Waals surface area contributed by atoms with E-state index in [1.165, 1.54) is 6.61 Å². The van der Waals surface area contributed by atoms with E-state index in [0.717, 1.165) is 13.0 Å². The van der Waals surface area contributed by atoms with Crippen LogP contribution in [0.25, 0.3) is 0 Å². The van der Waals surface area contributed by atoms with Crippen LogP contribution in [0, 0.1) is 18.4 Å². The van der Waals surface area contributed by atoms with Gasteiger partial charge in [0.1, 0.15) is 0 Å². The molecular formula is C7H11O. The van der Waals surface area contributed by atoms with Gasteiger partial charge in [-0.1, -0.05) is 12.8 Å². The summed E-state index contributed by atoms with van der Waals surface area (Å²) in [5.41, 5.74) is 0. The van der Waals surface area contributed by atoms with Crippen LogP contribution in [0.15, 0.2) is 0 Å². The fourth-order valence-electron chi connectivity index (χ4n) is 0.277. The van der Waals surface area contributed by atoms with Crippen molar-refractivity contribution in [3.05, 3.63) is 6.61 Å². The van der Waals surface area contributed by atoms with Crippen LogP contribution in [0.5, 0.6) is 0 Å². The molecule has 0 saturated heterocycles. The Bertz CT molecular complexity index is 86.3. The van der Waals surface area contributed by atoms with Crippen molar-refractivity contribution < 1.29 is 4.74 Å². The minimum Gasteiger partial charge on any atom is -0.362 e. The molecule has 0 aromatic heterocycles. The van der Waals surface area contributed by atoms with Gasteiger partial charge in [0.25, 0.3) is 0 Å². The molecule has 0 rings (SSSR count).